The highest BCUT2D eigenvalue weighted by molar-refractivity contribution is 5.95. The number of carbonyl (C=O) groups is 3. The number of rotatable bonds is 9. The van der Waals surface area contributed by atoms with Crippen LogP contribution >= 0.6 is 0 Å². The molecule has 3 aromatic carbocycles. The zero-order valence-corrected chi connectivity index (χ0v) is 23.1. The largest absolute Gasteiger partial charge is 0.446 e. The van der Waals surface area contributed by atoms with E-state index in [1.807, 2.05) is 91.0 Å². The fourth-order valence-electron chi connectivity index (χ4n) is 4.71. The number of ether oxygens (including phenoxy) is 2. The summed E-state index contributed by atoms with van der Waals surface area (Å²) >= 11 is 0. The molecule has 3 aromatic rings. The van der Waals surface area contributed by atoms with E-state index >= 15 is 0 Å². The third kappa shape index (κ3) is 7.48. The Labute approximate surface area is 235 Å². The second-order valence-corrected chi connectivity index (χ2v) is 10.9. The molecule has 0 spiro atoms. The highest BCUT2D eigenvalue weighted by atomic mass is 16.6. The van der Waals surface area contributed by atoms with Gasteiger partial charge in [0, 0.05) is 6.54 Å². The van der Waals surface area contributed by atoms with Gasteiger partial charge in [-0.25, -0.2) is 14.5 Å². The summed E-state index contributed by atoms with van der Waals surface area (Å²) in [6.07, 6.45) is -2.49. The minimum atomic E-state index is -1.30. The minimum Gasteiger partial charge on any atom is -0.446 e. The van der Waals surface area contributed by atoms with E-state index in [4.69, 9.17) is 9.47 Å². The number of aliphatic hydroxyl groups excluding tert-OH is 1. The summed E-state index contributed by atoms with van der Waals surface area (Å²) in [6.45, 7) is 5.34. The summed E-state index contributed by atoms with van der Waals surface area (Å²) in [4.78, 5) is 42.6. The molecular formula is C32H36N2O6. The molecule has 0 radical (unpaired) electrons. The number of carbonyl (C=O) groups excluding carboxylic acids is 3. The molecule has 1 fully saturated rings. The minimum absolute atomic E-state index is 0.0286. The van der Waals surface area contributed by atoms with E-state index in [0.29, 0.717) is 0 Å². The van der Waals surface area contributed by atoms with Gasteiger partial charge in [-0.05, 0) is 43.9 Å². The normalized spacial score (nSPS) is 16.6. The highest BCUT2D eigenvalue weighted by Gasteiger charge is 2.44. The summed E-state index contributed by atoms with van der Waals surface area (Å²) in [5.74, 6) is -1.59. The molecule has 0 aliphatic carbocycles. The Kier molecular flexibility index (Phi) is 9.22. The first-order valence-corrected chi connectivity index (χ1v) is 13.4. The van der Waals surface area contributed by atoms with Gasteiger partial charge in [0.2, 0.25) is 5.91 Å². The maximum atomic E-state index is 14.1. The first-order valence-electron chi connectivity index (χ1n) is 13.4. The fourth-order valence-corrected chi connectivity index (χ4v) is 4.71. The molecule has 4 rings (SSSR count). The van der Waals surface area contributed by atoms with Crippen molar-refractivity contribution in [2.75, 3.05) is 13.2 Å². The Morgan fingerprint density at radius 2 is 1.50 bits per heavy atom. The molecule has 8 heteroatoms. The third-order valence-electron chi connectivity index (χ3n) is 6.65. The summed E-state index contributed by atoms with van der Waals surface area (Å²) in [5.41, 5.74) is 1.67. The monoisotopic (exact) mass is 544 g/mol. The van der Waals surface area contributed by atoms with E-state index in [0.717, 1.165) is 21.6 Å². The van der Waals surface area contributed by atoms with Crippen molar-refractivity contribution >= 4 is 18.1 Å². The number of aliphatic hydroxyl groups is 1. The fraction of sp³-hybridized carbons (Fsp3) is 0.344. The predicted octanol–water partition coefficient (Wildman–Crippen LogP) is 5.36. The van der Waals surface area contributed by atoms with Crippen LogP contribution in [0.2, 0.25) is 0 Å². The van der Waals surface area contributed by atoms with Crippen molar-refractivity contribution in [2.45, 2.75) is 51.5 Å². The van der Waals surface area contributed by atoms with Gasteiger partial charge in [-0.2, -0.15) is 0 Å². The number of cyclic esters (lactones) is 1. The van der Waals surface area contributed by atoms with Crippen LogP contribution in [-0.4, -0.2) is 57.9 Å². The van der Waals surface area contributed by atoms with Gasteiger partial charge in [0.05, 0.1) is 18.6 Å². The van der Waals surface area contributed by atoms with Crippen LogP contribution in [0.4, 0.5) is 9.59 Å². The summed E-state index contributed by atoms with van der Waals surface area (Å²) in [5, 5.41) is 11.6. The van der Waals surface area contributed by atoms with Crippen LogP contribution in [0.5, 0.6) is 0 Å². The van der Waals surface area contributed by atoms with Crippen LogP contribution in [0.25, 0.3) is 0 Å². The Bertz CT molecular complexity index is 1280. The SMILES string of the molecule is CC(C)(C)OC(=O)N(Cc1ccccc1)C[C@@H](O)[C@@H](Cc1ccccc1)C(=O)N1C(=O)OC[C@@H]1c1ccccc1. The van der Waals surface area contributed by atoms with Crippen molar-refractivity contribution in [3.05, 3.63) is 108 Å². The predicted molar refractivity (Wildman–Crippen MR) is 150 cm³/mol. The van der Waals surface area contributed by atoms with Crippen LogP contribution in [0.1, 0.15) is 43.5 Å². The molecule has 1 aliphatic rings. The lowest BCUT2D eigenvalue weighted by Gasteiger charge is -2.32. The van der Waals surface area contributed by atoms with Gasteiger partial charge < -0.3 is 19.5 Å². The van der Waals surface area contributed by atoms with E-state index in [9.17, 15) is 19.5 Å². The summed E-state index contributed by atoms with van der Waals surface area (Å²) in [6, 6.07) is 27.2. The van der Waals surface area contributed by atoms with Crippen molar-refractivity contribution < 1.29 is 29.0 Å². The summed E-state index contributed by atoms with van der Waals surface area (Å²) < 4.78 is 10.9. The molecule has 40 heavy (non-hydrogen) atoms. The van der Waals surface area contributed by atoms with Crippen molar-refractivity contribution in [1.82, 2.24) is 9.80 Å². The molecule has 0 aromatic heterocycles. The topological polar surface area (TPSA) is 96.4 Å². The first-order chi connectivity index (χ1) is 19.1. The quantitative estimate of drug-likeness (QED) is 0.389. The van der Waals surface area contributed by atoms with Crippen LogP contribution in [0, 0.1) is 5.92 Å². The van der Waals surface area contributed by atoms with Crippen molar-refractivity contribution in [2.24, 2.45) is 5.92 Å². The zero-order valence-electron chi connectivity index (χ0n) is 23.1. The first kappa shape index (κ1) is 28.8. The molecule has 1 saturated heterocycles. The maximum Gasteiger partial charge on any atom is 0.417 e. The van der Waals surface area contributed by atoms with Gasteiger partial charge in [-0.1, -0.05) is 91.0 Å². The molecule has 3 amide bonds. The van der Waals surface area contributed by atoms with Gasteiger partial charge in [0.15, 0.2) is 0 Å². The molecule has 210 valence electrons. The Hall–Kier alpha value is -4.17. The van der Waals surface area contributed by atoms with Crippen LogP contribution in [0.3, 0.4) is 0 Å². The van der Waals surface area contributed by atoms with Gasteiger partial charge >= 0.3 is 12.2 Å². The number of hydrogen-bond acceptors (Lipinski definition) is 6. The van der Waals surface area contributed by atoms with E-state index in [1.54, 1.807) is 20.8 Å². The van der Waals surface area contributed by atoms with Gasteiger partial charge in [-0.15, -0.1) is 0 Å². The van der Waals surface area contributed by atoms with E-state index in [2.05, 4.69) is 0 Å². The Morgan fingerprint density at radius 1 is 0.950 bits per heavy atom. The number of imide groups is 1. The molecule has 1 heterocycles. The lowest BCUT2D eigenvalue weighted by molar-refractivity contribution is -0.137. The molecule has 0 bridgehead atoms. The molecule has 1 N–H and O–H groups in total. The van der Waals surface area contributed by atoms with E-state index in [-0.39, 0.29) is 26.1 Å². The lowest BCUT2D eigenvalue weighted by Crippen LogP contribution is -2.48. The van der Waals surface area contributed by atoms with Crippen molar-refractivity contribution in [3.63, 3.8) is 0 Å². The van der Waals surface area contributed by atoms with Gasteiger partial charge in [0.25, 0.3) is 0 Å². The van der Waals surface area contributed by atoms with Gasteiger partial charge in [-0.3, -0.25) is 4.79 Å². The molecule has 8 nitrogen and oxygen atoms in total. The van der Waals surface area contributed by atoms with Crippen LogP contribution < -0.4 is 0 Å². The third-order valence-corrected chi connectivity index (χ3v) is 6.65. The number of amides is 3. The zero-order chi connectivity index (χ0) is 28.7. The van der Waals surface area contributed by atoms with E-state index < -0.39 is 41.8 Å². The van der Waals surface area contributed by atoms with E-state index in [1.165, 1.54) is 4.90 Å². The second kappa shape index (κ2) is 12.8. The Balaban J connectivity index is 1.63. The highest BCUT2D eigenvalue weighted by Crippen LogP contribution is 2.31. The van der Waals surface area contributed by atoms with Crippen molar-refractivity contribution in [3.8, 4) is 0 Å². The van der Waals surface area contributed by atoms with Crippen LogP contribution in [-0.2, 0) is 27.2 Å². The number of nitrogens with zero attached hydrogens (tertiary/aromatic N) is 2. The Morgan fingerprint density at radius 3 is 2.08 bits per heavy atom. The average molecular weight is 545 g/mol. The molecule has 0 saturated carbocycles. The number of benzene rings is 3. The average Bonchev–Trinajstić information content (AvgIpc) is 3.33. The molecule has 1 aliphatic heterocycles. The number of hydrogen-bond donors (Lipinski definition) is 1. The molecular weight excluding hydrogens is 508 g/mol. The van der Waals surface area contributed by atoms with Crippen molar-refractivity contribution in [1.29, 1.82) is 0 Å². The summed E-state index contributed by atoms with van der Waals surface area (Å²) in [7, 11) is 0. The molecule has 0 unspecified atom stereocenters. The standard InChI is InChI=1S/C32H36N2O6/c1-32(2,3)40-30(37)33(20-24-15-9-5-10-16-24)21-28(35)26(19-23-13-7-4-8-14-23)29(36)34-27(22-39-31(34)38)25-17-11-6-12-18-25/h4-18,26-28,35H,19-22H2,1-3H3/t26-,27-,28-/m1/s1. The van der Waals surface area contributed by atoms with Gasteiger partial charge in [0.1, 0.15) is 18.2 Å². The van der Waals surface area contributed by atoms with Crippen LogP contribution in [0.15, 0.2) is 91.0 Å². The lowest BCUT2D eigenvalue weighted by atomic mass is 9.91. The maximum absolute atomic E-state index is 14.1. The smallest absolute Gasteiger partial charge is 0.417 e. The second-order valence-electron chi connectivity index (χ2n) is 10.9. The molecule has 3 atom stereocenters.